The van der Waals surface area contributed by atoms with E-state index in [9.17, 15) is 0 Å². The Morgan fingerprint density at radius 3 is 1.74 bits per heavy atom. The number of hydrogen-bond acceptors (Lipinski definition) is 2. The number of fused-ring (bicyclic) bond motifs is 12. The van der Waals surface area contributed by atoms with Crippen molar-refractivity contribution in [3.63, 3.8) is 0 Å². The van der Waals surface area contributed by atoms with E-state index >= 15 is 0 Å². The van der Waals surface area contributed by atoms with Gasteiger partial charge in [-0.15, -0.1) is 11.3 Å². The van der Waals surface area contributed by atoms with Gasteiger partial charge in [0, 0.05) is 48.4 Å². The van der Waals surface area contributed by atoms with Gasteiger partial charge >= 0.3 is 0 Å². The molecule has 0 atom stereocenters. The fraction of sp³-hybridized carbons (Fsp3) is 0. The first-order chi connectivity index (χ1) is 22.8. The predicted molar refractivity (Wildman–Crippen MR) is 197 cm³/mol. The minimum atomic E-state index is 1.13. The summed E-state index contributed by atoms with van der Waals surface area (Å²) in [6.07, 6.45) is 0. The minimum absolute atomic E-state index is 1.13. The van der Waals surface area contributed by atoms with Crippen LogP contribution in [0.15, 0.2) is 152 Å². The zero-order chi connectivity index (χ0) is 29.9. The van der Waals surface area contributed by atoms with Crippen LogP contribution in [-0.2, 0) is 0 Å². The summed E-state index contributed by atoms with van der Waals surface area (Å²) in [5.41, 5.74) is 10.9. The molecule has 11 rings (SSSR count). The Morgan fingerprint density at radius 1 is 0.391 bits per heavy atom. The lowest BCUT2D eigenvalue weighted by atomic mass is 10.1. The van der Waals surface area contributed by atoms with E-state index in [1.165, 1.54) is 80.5 Å². The summed E-state index contributed by atoms with van der Waals surface area (Å²) in [7, 11) is 0. The van der Waals surface area contributed by atoms with Crippen LogP contribution in [0.3, 0.4) is 0 Å². The molecule has 46 heavy (non-hydrogen) atoms. The Morgan fingerprint density at radius 2 is 1.00 bits per heavy atom. The van der Waals surface area contributed by atoms with Crippen molar-refractivity contribution in [2.24, 2.45) is 0 Å². The van der Waals surface area contributed by atoms with Gasteiger partial charge in [-0.05, 0) is 54.6 Å². The van der Waals surface area contributed by atoms with Gasteiger partial charge in [0.15, 0.2) is 0 Å². The lowest BCUT2D eigenvalue weighted by molar-refractivity contribution is 1.24. The zero-order valence-electron chi connectivity index (χ0n) is 24.7. The molecule has 214 valence electrons. The van der Waals surface area contributed by atoms with Gasteiger partial charge < -0.3 is 13.7 Å². The van der Waals surface area contributed by atoms with Gasteiger partial charge in [0.1, 0.15) is 0 Å². The maximum atomic E-state index is 2.51. The van der Waals surface area contributed by atoms with Crippen LogP contribution in [0.1, 0.15) is 0 Å². The van der Waals surface area contributed by atoms with Crippen molar-refractivity contribution in [3.05, 3.63) is 152 Å². The molecule has 4 heterocycles. The molecule has 7 aromatic carbocycles. The van der Waals surface area contributed by atoms with E-state index in [-0.39, 0.29) is 0 Å². The molecule has 0 N–H and O–H groups in total. The minimum Gasteiger partial charge on any atom is -0.309 e. The van der Waals surface area contributed by atoms with E-state index in [1.54, 1.807) is 0 Å². The Hall–Kier alpha value is -5.84. The van der Waals surface area contributed by atoms with Crippen LogP contribution in [0.2, 0.25) is 0 Å². The van der Waals surface area contributed by atoms with E-state index < -0.39 is 0 Å². The summed E-state index contributed by atoms with van der Waals surface area (Å²) in [5, 5.41) is 7.76. The van der Waals surface area contributed by atoms with Crippen LogP contribution < -0.4 is 4.90 Å². The Bertz CT molecular complexity index is 2980. The molecule has 0 aliphatic heterocycles. The molecule has 11 aromatic rings. The van der Waals surface area contributed by atoms with Crippen molar-refractivity contribution in [1.29, 1.82) is 0 Å². The first kappa shape index (κ1) is 24.5. The normalized spacial score (nSPS) is 12.3. The van der Waals surface area contributed by atoms with Crippen molar-refractivity contribution in [3.8, 4) is 0 Å². The van der Waals surface area contributed by atoms with Crippen molar-refractivity contribution >= 4 is 103 Å². The highest BCUT2D eigenvalue weighted by atomic mass is 32.1. The number of thiophene rings is 1. The molecule has 0 unspecified atom stereocenters. The van der Waals surface area contributed by atoms with Gasteiger partial charge in [-0.2, -0.15) is 0 Å². The quantitative estimate of drug-likeness (QED) is 0.183. The predicted octanol–water partition coefficient (Wildman–Crippen LogP) is 12.1. The highest BCUT2D eigenvalue weighted by Crippen LogP contribution is 2.47. The summed E-state index contributed by atoms with van der Waals surface area (Å²) in [4.78, 5) is 2.44. The third-order valence-electron chi connectivity index (χ3n) is 9.81. The Kier molecular flexibility index (Phi) is 4.72. The highest BCUT2D eigenvalue weighted by molar-refractivity contribution is 7.26. The molecule has 0 saturated heterocycles. The van der Waals surface area contributed by atoms with Crippen LogP contribution in [0.5, 0.6) is 0 Å². The second-order valence-electron chi connectivity index (χ2n) is 12.2. The van der Waals surface area contributed by atoms with Crippen molar-refractivity contribution < 1.29 is 0 Å². The number of hydrogen-bond donors (Lipinski definition) is 0. The van der Waals surface area contributed by atoms with Crippen molar-refractivity contribution in [2.45, 2.75) is 0 Å². The fourth-order valence-corrected chi connectivity index (χ4v) is 9.14. The number of rotatable bonds is 3. The van der Waals surface area contributed by atoms with Gasteiger partial charge in [0.05, 0.1) is 43.5 Å². The summed E-state index contributed by atoms with van der Waals surface area (Å²) in [6.45, 7) is 0. The van der Waals surface area contributed by atoms with Crippen molar-refractivity contribution in [2.75, 3.05) is 4.90 Å². The van der Waals surface area contributed by atoms with E-state index in [2.05, 4.69) is 165 Å². The standard InChI is InChI=1S/C42H25N3S/c1-2-11-26(12-3-1)43(37-19-10-16-33-30-15-6-9-20-39(30)46-42(33)37)27-21-24-36-38(25-27)45-35-18-8-5-14-29(35)32-23-22-31-28-13-4-7-17-34(28)44(36)40(31)41(32)45/h1-25H. The Labute approximate surface area is 267 Å². The van der Waals surface area contributed by atoms with E-state index in [1.807, 2.05) is 11.3 Å². The lowest BCUT2D eigenvalue weighted by Gasteiger charge is -2.26. The molecule has 0 saturated carbocycles. The highest BCUT2D eigenvalue weighted by Gasteiger charge is 2.23. The summed E-state index contributed by atoms with van der Waals surface area (Å²) < 4.78 is 7.60. The van der Waals surface area contributed by atoms with Crippen LogP contribution in [0.4, 0.5) is 17.1 Å². The third-order valence-corrected chi connectivity index (χ3v) is 11.0. The number of benzene rings is 7. The molecule has 3 nitrogen and oxygen atoms in total. The largest absolute Gasteiger partial charge is 0.309 e. The zero-order valence-corrected chi connectivity index (χ0v) is 25.5. The maximum Gasteiger partial charge on any atom is 0.0789 e. The molecule has 0 bridgehead atoms. The van der Waals surface area contributed by atoms with E-state index in [0.29, 0.717) is 0 Å². The summed E-state index contributed by atoms with van der Waals surface area (Å²) in [6, 6.07) is 55.6. The van der Waals surface area contributed by atoms with Gasteiger partial charge in [-0.1, -0.05) is 97.1 Å². The molecule has 0 fully saturated rings. The third kappa shape index (κ3) is 3.06. The average Bonchev–Trinajstić information content (AvgIpc) is 3.78. The van der Waals surface area contributed by atoms with Crippen molar-refractivity contribution in [1.82, 2.24) is 8.80 Å². The van der Waals surface area contributed by atoms with Crippen LogP contribution in [0, 0.1) is 0 Å². The molecule has 4 aromatic heterocycles. The molecule has 0 spiro atoms. The number of aromatic nitrogens is 2. The Balaban J connectivity index is 1.31. The van der Waals surface area contributed by atoms with Crippen LogP contribution in [0.25, 0.3) is 74.8 Å². The van der Waals surface area contributed by atoms with Gasteiger partial charge in [0.25, 0.3) is 0 Å². The number of nitrogens with zero attached hydrogens (tertiary/aromatic N) is 3. The van der Waals surface area contributed by atoms with Crippen LogP contribution in [-0.4, -0.2) is 8.80 Å². The molecular formula is C42H25N3S. The topological polar surface area (TPSA) is 12.1 Å². The van der Waals surface area contributed by atoms with Gasteiger partial charge in [-0.3, -0.25) is 0 Å². The molecular weight excluding hydrogens is 579 g/mol. The SMILES string of the molecule is c1ccc(N(c2ccc3c(c2)n2c4ccccc4c4ccc5c6ccccc6n3c5c42)c2cccc3c2sc2ccccc23)cc1. The monoisotopic (exact) mass is 603 g/mol. The van der Waals surface area contributed by atoms with E-state index in [4.69, 9.17) is 0 Å². The second-order valence-corrected chi connectivity index (χ2v) is 13.2. The molecule has 0 amide bonds. The maximum absolute atomic E-state index is 2.51. The molecule has 0 aliphatic rings. The van der Waals surface area contributed by atoms with Gasteiger partial charge in [-0.25, -0.2) is 0 Å². The lowest BCUT2D eigenvalue weighted by Crippen LogP contribution is -2.10. The average molecular weight is 604 g/mol. The molecule has 0 radical (unpaired) electrons. The van der Waals surface area contributed by atoms with E-state index in [0.717, 1.165) is 11.4 Å². The number of para-hydroxylation sites is 3. The molecule has 0 aliphatic carbocycles. The summed E-state index contributed by atoms with van der Waals surface area (Å²) in [5.74, 6) is 0. The number of anilines is 3. The second kappa shape index (κ2) is 8.87. The first-order valence-corrected chi connectivity index (χ1v) is 16.5. The fourth-order valence-electron chi connectivity index (χ4n) is 7.93. The first-order valence-electron chi connectivity index (χ1n) is 15.7. The summed E-state index contributed by atoms with van der Waals surface area (Å²) >= 11 is 1.87. The van der Waals surface area contributed by atoms with Gasteiger partial charge in [0.2, 0.25) is 0 Å². The van der Waals surface area contributed by atoms with Crippen LogP contribution >= 0.6 is 11.3 Å². The molecule has 4 heteroatoms. The smallest absolute Gasteiger partial charge is 0.0789 e.